The SMILES string of the molecule is COC(=O)[C@H]1CN(Cc2ccc(-c3ccccc3S(N)(=O)=O)cc2)C[C@@H]1c1ccccc1C(=N)N. The quantitative estimate of drug-likeness (QED) is 0.263. The van der Waals surface area contributed by atoms with Crippen LogP contribution >= 0.6 is 0 Å². The van der Waals surface area contributed by atoms with Crippen LogP contribution in [0.15, 0.2) is 77.7 Å². The Morgan fingerprint density at radius 2 is 1.69 bits per heavy atom. The summed E-state index contributed by atoms with van der Waals surface area (Å²) in [6.45, 7) is 1.73. The van der Waals surface area contributed by atoms with Crippen LogP contribution in [0.2, 0.25) is 0 Å². The van der Waals surface area contributed by atoms with Crippen LogP contribution < -0.4 is 10.9 Å². The fourth-order valence-corrected chi connectivity index (χ4v) is 5.55. The zero-order valence-electron chi connectivity index (χ0n) is 19.3. The number of ether oxygens (including phenoxy) is 1. The first kappa shape index (κ1) is 24.6. The Kier molecular flexibility index (Phi) is 7.02. The average molecular weight is 493 g/mol. The Labute approximate surface area is 205 Å². The molecule has 1 aliphatic rings. The molecule has 0 aliphatic carbocycles. The molecule has 0 bridgehead atoms. The number of nitrogens with zero attached hydrogens (tertiary/aromatic N) is 1. The number of nitrogens with two attached hydrogens (primary N) is 2. The zero-order valence-corrected chi connectivity index (χ0v) is 20.2. The third kappa shape index (κ3) is 5.27. The number of methoxy groups -OCH3 is 1. The van der Waals surface area contributed by atoms with Crippen LogP contribution in [0.5, 0.6) is 0 Å². The van der Waals surface area contributed by atoms with Gasteiger partial charge in [-0.05, 0) is 22.8 Å². The molecule has 1 fully saturated rings. The van der Waals surface area contributed by atoms with E-state index in [1.54, 1.807) is 24.3 Å². The highest BCUT2D eigenvalue weighted by atomic mass is 32.2. The molecule has 0 aromatic heterocycles. The molecule has 3 aromatic rings. The van der Waals surface area contributed by atoms with Crippen LogP contribution in [0.3, 0.4) is 0 Å². The molecule has 8 nitrogen and oxygen atoms in total. The summed E-state index contributed by atoms with van der Waals surface area (Å²) in [4.78, 5) is 14.9. The van der Waals surface area contributed by atoms with Crippen LogP contribution in [-0.2, 0) is 26.1 Å². The monoisotopic (exact) mass is 492 g/mol. The molecule has 182 valence electrons. The van der Waals surface area contributed by atoms with E-state index in [1.165, 1.54) is 13.2 Å². The Morgan fingerprint density at radius 3 is 2.34 bits per heavy atom. The number of hydrogen-bond donors (Lipinski definition) is 3. The highest BCUT2D eigenvalue weighted by molar-refractivity contribution is 7.89. The molecule has 35 heavy (non-hydrogen) atoms. The average Bonchev–Trinajstić information content (AvgIpc) is 3.27. The van der Waals surface area contributed by atoms with E-state index in [-0.39, 0.29) is 28.5 Å². The predicted octanol–water partition coefficient (Wildman–Crippen LogP) is 2.67. The minimum atomic E-state index is -3.85. The topological polar surface area (TPSA) is 140 Å². The van der Waals surface area contributed by atoms with Gasteiger partial charge in [-0.1, -0.05) is 66.7 Å². The maximum absolute atomic E-state index is 12.6. The summed E-state index contributed by atoms with van der Waals surface area (Å²) in [5.74, 6) is -0.839. The summed E-state index contributed by atoms with van der Waals surface area (Å²) < 4.78 is 29.0. The number of sulfonamides is 1. The van der Waals surface area contributed by atoms with E-state index in [4.69, 9.17) is 21.0 Å². The normalized spacial score (nSPS) is 18.3. The number of carbonyl (C=O) groups is 1. The van der Waals surface area contributed by atoms with Crippen molar-refractivity contribution in [2.24, 2.45) is 16.8 Å². The lowest BCUT2D eigenvalue weighted by atomic mass is 9.86. The van der Waals surface area contributed by atoms with Crippen LogP contribution in [0.1, 0.15) is 22.6 Å². The van der Waals surface area contributed by atoms with Crippen molar-refractivity contribution in [1.82, 2.24) is 4.90 Å². The first-order chi connectivity index (χ1) is 16.7. The highest BCUT2D eigenvalue weighted by Gasteiger charge is 2.40. The minimum Gasteiger partial charge on any atom is -0.469 e. The van der Waals surface area contributed by atoms with Gasteiger partial charge in [0, 0.05) is 36.7 Å². The van der Waals surface area contributed by atoms with Crippen molar-refractivity contribution in [1.29, 1.82) is 5.41 Å². The van der Waals surface area contributed by atoms with E-state index in [0.29, 0.717) is 30.8 Å². The maximum Gasteiger partial charge on any atom is 0.310 e. The van der Waals surface area contributed by atoms with Gasteiger partial charge in [-0.25, -0.2) is 13.6 Å². The van der Waals surface area contributed by atoms with E-state index in [2.05, 4.69) is 4.90 Å². The van der Waals surface area contributed by atoms with Crippen molar-refractivity contribution in [3.63, 3.8) is 0 Å². The standard InChI is InChI=1S/C26H28N4O4S/c1-34-26(31)23-16-30(15-22(23)20-7-2-3-8-21(20)25(27)28)14-17-10-12-18(13-11-17)19-6-4-5-9-24(19)35(29,32)33/h2-13,22-23H,14-16H2,1H3,(H3,27,28)(H2,29,32,33)/t22-,23+/m1/s1. The van der Waals surface area contributed by atoms with Gasteiger partial charge in [-0.3, -0.25) is 15.1 Å². The Morgan fingerprint density at radius 1 is 1.03 bits per heavy atom. The molecule has 3 aromatic carbocycles. The van der Waals surface area contributed by atoms with Crippen LogP contribution in [0.4, 0.5) is 0 Å². The summed E-state index contributed by atoms with van der Waals surface area (Å²) in [7, 11) is -2.46. The molecule has 0 saturated carbocycles. The number of rotatable bonds is 7. The third-order valence-electron chi connectivity index (χ3n) is 6.41. The van der Waals surface area contributed by atoms with Crippen LogP contribution in [0, 0.1) is 11.3 Å². The Bertz CT molecular complexity index is 1360. The molecule has 1 saturated heterocycles. The molecule has 1 heterocycles. The molecule has 0 spiro atoms. The lowest BCUT2D eigenvalue weighted by molar-refractivity contribution is -0.145. The molecule has 4 rings (SSSR count). The third-order valence-corrected chi connectivity index (χ3v) is 7.38. The van der Waals surface area contributed by atoms with Crippen molar-refractivity contribution in [2.45, 2.75) is 17.4 Å². The van der Waals surface area contributed by atoms with Crippen LogP contribution in [-0.4, -0.2) is 45.3 Å². The molecule has 0 amide bonds. The van der Waals surface area contributed by atoms with Gasteiger partial charge >= 0.3 is 5.97 Å². The smallest absolute Gasteiger partial charge is 0.310 e. The lowest BCUT2D eigenvalue weighted by Crippen LogP contribution is -2.25. The van der Waals surface area contributed by atoms with Gasteiger partial charge in [0.25, 0.3) is 0 Å². The fraction of sp³-hybridized carbons (Fsp3) is 0.231. The van der Waals surface area contributed by atoms with E-state index in [1.807, 2.05) is 42.5 Å². The second-order valence-electron chi connectivity index (χ2n) is 8.67. The second-order valence-corrected chi connectivity index (χ2v) is 10.2. The molecule has 0 radical (unpaired) electrons. The number of carbonyl (C=O) groups excluding carboxylic acids is 1. The number of esters is 1. The van der Waals surface area contributed by atoms with E-state index >= 15 is 0 Å². The number of primary sulfonamides is 1. The number of likely N-dealkylation sites (tertiary alicyclic amines) is 1. The van der Waals surface area contributed by atoms with E-state index < -0.39 is 10.0 Å². The number of amidine groups is 1. The van der Waals surface area contributed by atoms with Crippen molar-refractivity contribution in [3.8, 4) is 11.1 Å². The summed E-state index contributed by atoms with van der Waals surface area (Å²) >= 11 is 0. The Balaban J connectivity index is 1.57. The summed E-state index contributed by atoms with van der Waals surface area (Å²) in [5.41, 5.74) is 9.62. The van der Waals surface area contributed by atoms with Gasteiger partial charge < -0.3 is 10.5 Å². The van der Waals surface area contributed by atoms with Gasteiger partial charge in [0.2, 0.25) is 10.0 Å². The van der Waals surface area contributed by atoms with Gasteiger partial charge in [-0.15, -0.1) is 0 Å². The van der Waals surface area contributed by atoms with Crippen molar-refractivity contribution in [2.75, 3.05) is 20.2 Å². The number of hydrogen-bond acceptors (Lipinski definition) is 6. The summed E-state index contributed by atoms with van der Waals surface area (Å²) in [6, 6.07) is 21.7. The minimum absolute atomic E-state index is 0.0296. The van der Waals surface area contributed by atoms with Crippen molar-refractivity contribution >= 4 is 21.8 Å². The molecule has 0 unspecified atom stereocenters. The van der Waals surface area contributed by atoms with Gasteiger partial charge in [-0.2, -0.15) is 0 Å². The first-order valence-electron chi connectivity index (χ1n) is 11.1. The van der Waals surface area contributed by atoms with Crippen LogP contribution in [0.25, 0.3) is 11.1 Å². The van der Waals surface area contributed by atoms with E-state index in [0.717, 1.165) is 16.7 Å². The van der Waals surface area contributed by atoms with Gasteiger partial charge in [0.15, 0.2) is 0 Å². The second kappa shape index (κ2) is 9.99. The number of benzene rings is 3. The maximum atomic E-state index is 12.6. The number of nitrogen functional groups attached to an aromatic ring is 1. The molecule has 5 N–H and O–H groups in total. The molecule has 2 atom stereocenters. The molecular weight excluding hydrogens is 464 g/mol. The first-order valence-corrected chi connectivity index (χ1v) is 12.7. The fourth-order valence-electron chi connectivity index (χ4n) is 4.79. The van der Waals surface area contributed by atoms with Gasteiger partial charge in [0.05, 0.1) is 17.9 Å². The molecule has 9 heteroatoms. The van der Waals surface area contributed by atoms with E-state index in [9.17, 15) is 13.2 Å². The lowest BCUT2D eigenvalue weighted by Gasteiger charge is -2.19. The largest absolute Gasteiger partial charge is 0.469 e. The zero-order chi connectivity index (χ0) is 25.2. The summed E-state index contributed by atoms with van der Waals surface area (Å²) in [5, 5.41) is 13.3. The number of nitrogens with one attached hydrogen (secondary N) is 1. The van der Waals surface area contributed by atoms with Crippen molar-refractivity contribution < 1.29 is 17.9 Å². The Hall–Kier alpha value is -3.53. The van der Waals surface area contributed by atoms with Crippen molar-refractivity contribution in [3.05, 3.63) is 89.5 Å². The summed E-state index contributed by atoms with van der Waals surface area (Å²) in [6.07, 6.45) is 0. The van der Waals surface area contributed by atoms with Gasteiger partial charge in [0.1, 0.15) is 5.84 Å². The molecule has 1 aliphatic heterocycles. The highest BCUT2D eigenvalue weighted by Crippen LogP contribution is 2.36. The molecular formula is C26H28N4O4S. The predicted molar refractivity (Wildman–Crippen MR) is 134 cm³/mol.